The Balaban J connectivity index is 1.18. The number of nitrogens with zero attached hydrogens (tertiary/aromatic N) is 1. The summed E-state index contributed by atoms with van der Waals surface area (Å²) in [6, 6.07) is 26.1. The van der Waals surface area contributed by atoms with Crippen LogP contribution in [0.5, 0.6) is 23.0 Å². The molecule has 6 rings (SSSR count). The van der Waals surface area contributed by atoms with E-state index >= 15 is 0 Å². The fourth-order valence-electron chi connectivity index (χ4n) is 4.59. The van der Waals surface area contributed by atoms with Crippen LogP contribution < -0.4 is 24.8 Å². The summed E-state index contributed by atoms with van der Waals surface area (Å²) >= 11 is 0. The summed E-state index contributed by atoms with van der Waals surface area (Å²) in [7, 11) is 1.57. The fourth-order valence-corrected chi connectivity index (χ4v) is 4.59. The van der Waals surface area contributed by atoms with Crippen molar-refractivity contribution in [3.05, 3.63) is 96.6 Å². The quantitative estimate of drug-likeness (QED) is 0.207. The topological polar surface area (TPSA) is 97.5 Å². The molecule has 0 unspecified atom stereocenters. The number of hydrogen-bond donors (Lipinski definition) is 3. The summed E-state index contributed by atoms with van der Waals surface area (Å²) in [6.45, 7) is 3.96. The maximum Gasteiger partial charge on any atom is 0.323 e. The Morgan fingerprint density at radius 3 is 2.58 bits per heavy atom. The predicted octanol–water partition coefficient (Wildman–Crippen LogP) is 7.86. The van der Waals surface area contributed by atoms with Gasteiger partial charge in [0.15, 0.2) is 5.75 Å². The first-order chi connectivity index (χ1) is 19.4. The van der Waals surface area contributed by atoms with Gasteiger partial charge in [-0.25, -0.2) is 9.78 Å². The number of carbonyl (C=O) groups excluding carboxylic acids is 1. The van der Waals surface area contributed by atoms with Gasteiger partial charge in [-0.2, -0.15) is 0 Å². The Kier molecular flexibility index (Phi) is 6.36. The van der Waals surface area contributed by atoms with Crippen molar-refractivity contribution in [3.8, 4) is 34.4 Å². The van der Waals surface area contributed by atoms with Crippen LogP contribution in [0.25, 0.3) is 28.5 Å². The number of fused-ring (bicyclic) bond motifs is 2. The summed E-state index contributed by atoms with van der Waals surface area (Å²) in [5.41, 5.74) is 3.98. The molecule has 1 aromatic heterocycles. The first-order valence-corrected chi connectivity index (χ1v) is 12.9. The van der Waals surface area contributed by atoms with E-state index in [2.05, 4.69) is 15.6 Å². The van der Waals surface area contributed by atoms with Gasteiger partial charge in [0.1, 0.15) is 28.7 Å². The van der Waals surface area contributed by atoms with Crippen LogP contribution >= 0.6 is 0 Å². The van der Waals surface area contributed by atoms with Gasteiger partial charge in [-0.3, -0.25) is 0 Å². The van der Waals surface area contributed by atoms with Crippen LogP contribution in [0.3, 0.4) is 0 Å². The van der Waals surface area contributed by atoms with Gasteiger partial charge in [0.05, 0.1) is 29.4 Å². The number of benzene rings is 4. The molecule has 200 valence electrons. The minimum absolute atomic E-state index is 0.399. The average Bonchev–Trinajstić information content (AvgIpc) is 3.37. The summed E-state index contributed by atoms with van der Waals surface area (Å²) in [5.74, 6) is 3.42. The van der Waals surface area contributed by atoms with E-state index in [0.29, 0.717) is 34.4 Å². The van der Waals surface area contributed by atoms with Crippen LogP contribution in [0, 0.1) is 0 Å². The number of H-pyrrole nitrogens is 1. The van der Waals surface area contributed by atoms with E-state index in [0.717, 1.165) is 27.9 Å². The van der Waals surface area contributed by atoms with E-state index in [-0.39, 0.29) is 0 Å². The molecule has 0 fully saturated rings. The summed E-state index contributed by atoms with van der Waals surface area (Å²) in [5, 5.41) is 5.77. The van der Waals surface area contributed by atoms with Gasteiger partial charge in [0.2, 0.25) is 0 Å². The van der Waals surface area contributed by atoms with E-state index < -0.39 is 11.6 Å². The molecule has 0 aliphatic carbocycles. The second kappa shape index (κ2) is 10.1. The van der Waals surface area contributed by atoms with Crippen LogP contribution in [-0.2, 0) is 0 Å². The minimum atomic E-state index is -0.408. The lowest BCUT2D eigenvalue weighted by molar-refractivity contribution is 0.158. The molecule has 0 saturated carbocycles. The van der Waals surface area contributed by atoms with Crippen molar-refractivity contribution in [2.24, 2.45) is 0 Å². The normalized spacial score (nSPS) is 13.3. The molecule has 2 amide bonds. The van der Waals surface area contributed by atoms with Gasteiger partial charge in [0, 0.05) is 11.3 Å². The minimum Gasteiger partial charge on any atom is -0.494 e. The largest absolute Gasteiger partial charge is 0.494 e. The second-order valence-electron chi connectivity index (χ2n) is 9.94. The fraction of sp³-hybridized carbons (Fsp3) is 0.125. The molecule has 0 saturated heterocycles. The first-order valence-electron chi connectivity index (χ1n) is 12.9. The number of rotatable bonds is 6. The summed E-state index contributed by atoms with van der Waals surface area (Å²) in [4.78, 5) is 21.0. The number of aromatic nitrogens is 2. The lowest BCUT2D eigenvalue weighted by Gasteiger charge is -2.29. The van der Waals surface area contributed by atoms with E-state index in [1.807, 2.05) is 105 Å². The van der Waals surface area contributed by atoms with Gasteiger partial charge in [-0.1, -0.05) is 30.3 Å². The number of carbonyl (C=O) groups is 1. The Bertz CT molecular complexity index is 1740. The molecule has 4 aromatic carbocycles. The number of methoxy groups -OCH3 is 1. The van der Waals surface area contributed by atoms with Crippen LogP contribution in [0.2, 0.25) is 0 Å². The molecular formula is C32H28N4O4. The molecule has 8 heteroatoms. The highest BCUT2D eigenvalue weighted by molar-refractivity contribution is 6.02. The number of para-hydroxylation sites is 1. The number of anilines is 2. The maximum absolute atomic E-state index is 12.9. The zero-order valence-electron chi connectivity index (χ0n) is 22.3. The Hall–Kier alpha value is -5.24. The SMILES string of the molecule is COc1c(NC(=O)Nc2ccc3nc(-c4cccc(Oc5ccccc5)c4)[nH]c3c2)ccc2c1C=CC(C)(C)O2. The molecule has 2 heterocycles. The molecule has 0 radical (unpaired) electrons. The Labute approximate surface area is 231 Å². The number of amides is 2. The number of nitrogens with one attached hydrogen (secondary N) is 3. The smallest absolute Gasteiger partial charge is 0.323 e. The van der Waals surface area contributed by atoms with Gasteiger partial charge in [-0.15, -0.1) is 0 Å². The van der Waals surface area contributed by atoms with Crippen LogP contribution in [0.1, 0.15) is 19.4 Å². The Morgan fingerprint density at radius 2 is 1.75 bits per heavy atom. The molecule has 5 aromatic rings. The molecule has 1 aliphatic heterocycles. The average molecular weight is 533 g/mol. The van der Waals surface area contributed by atoms with E-state index in [1.165, 1.54) is 0 Å². The van der Waals surface area contributed by atoms with E-state index in [9.17, 15) is 4.79 Å². The van der Waals surface area contributed by atoms with E-state index in [1.54, 1.807) is 13.2 Å². The van der Waals surface area contributed by atoms with Crippen molar-refractivity contribution in [1.29, 1.82) is 0 Å². The number of urea groups is 1. The number of imidazole rings is 1. The third-order valence-electron chi connectivity index (χ3n) is 6.46. The zero-order valence-corrected chi connectivity index (χ0v) is 22.3. The van der Waals surface area contributed by atoms with Crippen molar-refractivity contribution >= 4 is 34.5 Å². The lowest BCUT2D eigenvalue weighted by Crippen LogP contribution is -2.27. The molecule has 40 heavy (non-hydrogen) atoms. The van der Waals surface area contributed by atoms with Crippen LogP contribution in [0.15, 0.2) is 91.0 Å². The highest BCUT2D eigenvalue weighted by Gasteiger charge is 2.25. The molecule has 0 spiro atoms. The Morgan fingerprint density at radius 1 is 0.925 bits per heavy atom. The number of hydrogen-bond acceptors (Lipinski definition) is 5. The van der Waals surface area contributed by atoms with Crippen LogP contribution in [-0.4, -0.2) is 28.7 Å². The van der Waals surface area contributed by atoms with E-state index in [4.69, 9.17) is 19.2 Å². The predicted molar refractivity (Wildman–Crippen MR) is 157 cm³/mol. The molecule has 1 aliphatic rings. The second-order valence-corrected chi connectivity index (χ2v) is 9.94. The van der Waals surface area contributed by atoms with Gasteiger partial charge in [0.25, 0.3) is 0 Å². The highest BCUT2D eigenvalue weighted by atomic mass is 16.5. The van der Waals surface area contributed by atoms with Crippen molar-refractivity contribution in [2.75, 3.05) is 17.7 Å². The highest BCUT2D eigenvalue weighted by Crippen LogP contribution is 2.41. The lowest BCUT2D eigenvalue weighted by atomic mass is 10.0. The van der Waals surface area contributed by atoms with Crippen molar-refractivity contribution in [3.63, 3.8) is 0 Å². The van der Waals surface area contributed by atoms with Crippen LogP contribution in [0.4, 0.5) is 16.2 Å². The molecule has 8 nitrogen and oxygen atoms in total. The monoisotopic (exact) mass is 532 g/mol. The van der Waals surface area contributed by atoms with Crippen molar-refractivity contribution < 1.29 is 19.0 Å². The molecule has 3 N–H and O–H groups in total. The van der Waals surface area contributed by atoms with Gasteiger partial charge in [-0.05, 0) is 80.6 Å². The van der Waals surface area contributed by atoms with Gasteiger partial charge < -0.3 is 29.8 Å². The van der Waals surface area contributed by atoms with Crippen molar-refractivity contribution in [1.82, 2.24) is 9.97 Å². The van der Waals surface area contributed by atoms with Gasteiger partial charge >= 0.3 is 6.03 Å². The zero-order chi connectivity index (χ0) is 27.7. The third kappa shape index (κ3) is 5.19. The standard InChI is InChI=1S/C32H28N4O4/c1-32(2)17-16-24-28(40-32)15-14-26(29(24)38-3)36-31(37)33-21-12-13-25-27(19-21)35-30(34-25)20-8-7-11-23(18-20)39-22-9-5-4-6-10-22/h4-19H,1-3H3,(H,34,35)(H2,33,36,37). The molecular weight excluding hydrogens is 504 g/mol. The summed E-state index contributed by atoms with van der Waals surface area (Å²) in [6.07, 6.45) is 3.91. The third-order valence-corrected chi connectivity index (χ3v) is 6.46. The summed E-state index contributed by atoms with van der Waals surface area (Å²) < 4.78 is 17.6. The number of ether oxygens (including phenoxy) is 3. The number of aromatic amines is 1. The molecule has 0 atom stereocenters. The molecule has 0 bridgehead atoms. The first kappa shape index (κ1) is 25.1. The van der Waals surface area contributed by atoms with Crippen molar-refractivity contribution in [2.45, 2.75) is 19.4 Å². The maximum atomic E-state index is 12.9.